The molecule has 0 unspecified atom stereocenters. The topological polar surface area (TPSA) is 45.6 Å². The monoisotopic (exact) mass is 367 g/mol. The molecule has 1 aromatic heterocycles. The second-order valence-electron chi connectivity index (χ2n) is 8.55. The molecule has 0 N–H and O–H groups in total. The van der Waals surface area contributed by atoms with E-state index in [-0.39, 0.29) is 23.3 Å². The first-order valence-corrected chi connectivity index (χ1v) is 9.99. The third-order valence-corrected chi connectivity index (χ3v) is 6.56. The van der Waals surface area contributed by atoms with Gasteiger partial charge in [-0.15, -0.1) is 0 Å². The van der Waals surface area contributed by atoms with Crippen LogP contribution in [0.15, 0.2) is 24.3 Å². The Morgan fingerprint density at radius 3 is 2.67 bits per heavy atom. The van der Waals surface area contributed by atoms with Crippen LogP contribution >= 0.6 is 0 Å². The lowest BCUT2D eigenvalue weighted by Crippen LogP contribution is -2.52. The molecule has 0 radical (unpaired) electrons. The molecule has 2 saturated heterocycles. The summed E-state index contributed by atoms with van der Waals surface area (Å²) < 4.78 is 1.98. The molecule has 2 aliphatic heterocycles. The molecule has 2 fully saturated rings. The minimum atomic E-state index is -0.376. The van der Waals surface area contributed by atoms with Crippen molar-refractivity contribution in [3.63, 3.8) is 0 Å². The van der Waals surface area contributed by atoms with Crippen LogP contribution in [-0.2, 0) is 11.8 Å². The van der Waals surface area contributed by atoms with Gasteiger partial charge < -0.3 is 14.4 Å². The zero-order valence-corrected chi connectivity index (χ0v) is 16.8. The summed E-state index contributed by atoms with van der Waals surface area (Å²) in [6, 6.07) is 8.37. The number of amides is 2. The Morgan fingerprint density at radius 2 is 1.96 bits per heavy atom. The second-order valence-corrected chi connectivity index (χ2v) is 8.55. The number of rotatable bonds is 2. The highest BCUT2D eigenvalue weighted by Crippen LogP contribution is 2.41. The predicted molar refractivity (Wildman–Crippen MR) is 107 cm³/mol. The Labute approximate surface area is 160 Å². The fraction of sp³-hybridized carbons (Fsp3) is 0.545. The minimum absolute atomic E-state index is 0.0412. The molecule has 2 aromatic rings. The van der Waals surface area contributed by atoms with Gasteiger partial charge in [-0.25, -0.2) is 0 Å². The van der Waals surface area contributed by atoms with E-state index in [0.717, 1.165) is 36.7 Å². The molecule has 2 aliphatic rings. The molecular weight excluding hydrogens is 338 g/mol. The molecule has 0 bridgehead atoms. The smallest absolute Gasteiger partial charge is 0.270 e. The molecule has 0 aliphatic carbocycles. The van der Waals surface area contributed by atoms with Crippen LogP contribution in [0.4, 0.5) is 0 Å². The molecule has 144 valence electrons. The lowest BCUT2D eigenvalue weighted by Gasteiger charge is -2.41. The van der Waals surface area contributed by atoms with E-state index in [0.29, 0.717) is 18.8 Å². The normalized spacial score (nSPS) is 23.2. The molecule has 1 atom stereocenters. The van der Waals surface area contributed by atoms with Crippen LogP contribution in [0, 0.1) is 12.3 Å². The van der Waals surface area contributed by atoms with Gasteiger partial charge in [0.25, 0.3) is 5.91 Å². The Bertz CT molecular complexity index is 914. The Kier molecular flexibility index (Phi) is 4.28. The number of aromatic nitrogens is 1. The second kappa shape index (κ2) is 6.39. The summed E-state index contributed by atoms with van der Waals surface area (Å²) in [6.45, 7) is 8.28. The van der Waals surface area contributed by atoms with Crippen molar-refractivity contribution < 1.29 is 9.59 Å². The molecule has 0 saturated carbocycles. The summed E-state index contributed by atoms with van der Waals surface area (Å²) >= 11 is 0. The van der Waals surface area contributed by atoms with Crippen molar-refractivity contribution in [2.75, 3.05) is 19.6 Å². The molecule has 2 amide bonds. The van der Waals surface area contributed by atoms with Crippen molar-refractivity contribution in [1.82, 2.24) is 14.4 Å². The summed E-state index contributed by atoms with van der Waals surface area (Å²) in [7, 11) is 1.95. The zero-order chi connectivity index (χ0) is 19.3. The van der Waals surface area contributed by atoms with Gasteiger partial charge in [0.1, 0.15) is 5.69 Å². The van der Waals surface area contributed by atoms with Crippen molar-refractivity contribution >= 4 is 22.7 Å². The number of hydrogen-bond acceptors (Lipinski definition) is 2. The van der Waals surface area contributed by atoms with Crippen molar-refractivity contribution in [1.29, 1.82) is 0 Å². The van der Waals surface area contributed by atoms with E-state index in [4.69, 9.17) is 0 Å². The van der Waals surface area contributed by atoms with E-state index in [2.05, 4.69) is 32.9 Å². The van der Waals surface area contributed by atoms with Gasteiger partial charge in [0.05, 0.1) is 5.41 Å². The Hall–Kier alpha value is -2.30. The first-order valence-electron chi connectivity index (χ1n) is 9.99. The maximum atomic E-state index is 13.3. The molecule has 27 heavy (non-hydrogen) atoms. The summed E-state index contributed by atoms with van der Waals surface area (Å²) in [6.07, 6.45) is 2.70. The van der Waals surface area contributed by atoms with Crippen molar-refractivity contribution in [2.45, 2.75) is 46.1 Å². The van der Waals surface area contributed by atoms with Crippen molar-refractivity contribution in [2.24, 2.45) is 12.5 Å². The number of carbonyl (C=O) groups is 2. The van der Waals surface area contributed by atoms with Gasteiger partial charge in [-0.3, -0.25) is 9.59 Å². The highest BCUT2D eigenvalue weighted by molar-refractivity contribution is 6.00. The molecule has 3 heterocycles. The molecule has 1 spiro atoms. The van der Waals surface area contributed by atoms with Crippen molar-refractivity contribution in [3.05, 3.63) is 35.5 Å². The number of fused-ring (bicyclic) bond motifs is 1. The van der Waals surface area contributed by atoms with Crippen LogP contribution in [0.3, 0.4) is 0 Å². The van der Waals surface area contributed by atoms with Crippen LogP contribution in [0.25, 0.3) is 10.9 Å². The van der Waals surface area contributed by atoms with E-state index in [1.165, 1.54) is 5.56 Å². The predicted octanol–water partition coefficient (Wildman–Crippen LogP) is 3.35. The van der Waals surface area contributed by atoms with Gasteiger partial charge in [-0.1, -0.05) is 12.1 Å². The van der Waals surface area contributed by atoms with Crippen LogP contribution in [0.5, 0.6) is 0 Å². The van der Waals surface area contributed by atoms with Gasteiger partial charge >= 0.3 is 0 Å². The van der Waals surface area contributed by atoms with E-state index < -0.39 is 0 Å². The number of likely N-dealkylation sites (tertiary alicyclic amines) is 2. The summed E-state index contributed by atoms with van der Waals surface area (Å²) in [5.41, 5.74) is 2.58. The molecule has 1 aromatic carbocycles. The lowest BCUT2D eigenvalue weighted by molar-refractivity contribution is -0.147. The fourth-order valence-electron chi connectivity index (χ4n) is 4.89. The van der Waals surface area contributed by atoms with E-state index in [1.807, 2.05) is 33.5 Å². The zero-order valence-electron chi connectivity index (χ0n) is 16.8. The third-order valence-electron chi connectivity index (χ3n) is 6.56. The van der Waals surface area contributed by atoms with Gasteiger partial charge in [0.15, 0.2) is 0 Å². The SMILES string of the molecule is Cc1cccc2c1cc(C(=O)N1CC[C@@]3(CCCN(C(C)C)C3=O)C1)n2C. The van der Waals surface area contributed by atoms with Gasteiger partial charge in [0.2, 0.25) is 5.91 Å². The highest BCUT2D eigenvalue weighted by atomic mass is 16.2. The van der Waals surface area contributed by atoms with Gasteiger partial charge in [-0.05, 0) is 57.7 Å². The number of benzene rings is 1. The minimum Gasteiger partial charge on any atom is -0.340 e. The third kappa shape index (κ3) is 2.75. The molecule has 4 rings (SSSR count). The number of aryl methyl sites for hydroxylation is 2. The Balaban J connectivity index is 1.61. The van der Waals surface area contributed by atoms with Gasteiger partial charge in [0, 0.05) is 43.6 Å². The van der Waals surface area contributed by atoms with Gasteiger partial charge in [-0.2, -0.15) is 0 Å². The standard InChI is InChI=1S/C22H29N3O2/c1-15(2)25-11-6-9-22(21(25)27)10-12-24(14-22)20(26)19-13-17-16(3)7-5-8-18(17)23(19)4/h5,7-8,13,15H,6,9-12,14H2,1-4H3/t22-/m0/s1. The fourth-order valence-corrected chi connectivity index (χ4v) is 4.89. The summed E-state index contributed by atoms with van der Waals surface area (Å²) in [5.74, 6) is 0.284. The Morgan fingerprint density at radius 1 is 1.19 bits per heavy atom. The average Bonchev–Trinajstić information content (AvgIpc) is 3.21. The first kappa shape index (κ1) is 18.1. The van der Waals surface area contributed by atoms with Crippen LogP contribution in [-0.4, -0.2) is 51.9 Å². The maximum absolute atomic E-state index is 13.3. The number of hydrogen-bond donors (Lipinski definition) is 0. The largest absolute Gasteiger partial charge is 0.340 e. The number of nitrogens with zero attached hydrogens (tertiary/aromatic N) is 3. The lowest BCUT2D eigenvalue weighted by atomic mass is 9.78. The summed E-state index contributed by atoms with van der Waals surface area (Å²) in [4.78, 5) is 30.3. The first-order chi connectivity index (χ1) is 12.8. The highest BCUT2D eigenvalue weighted by Gasteiger charge is 2.50. The molecule has 5 heteroatoms. The quantitative estimate of drug-likeness (QED) is 0.817. The van der Waals surface area contributed by atoms with Crippen LogP contribution < -0.4 is 0 Å². The molecule has 5 nitrogen and oxygen atoms in total. The van der Waals surface area contributed by atoms with E-state index in [1.54, 1.807) is 0 Å². The average molecular weight is 367 g/mol. The summed E-state index contributed by atoms with van der Waals surface area (Å²) in [5, 5.41) is 1.12. The number of piperidine rings is 1. The number of carbonyl (C=O) groups excluding carboxylic acids is 2. The molecular formula is C22H29N3O2. The van der Waals surface area contributed by atoms with Crippen molar-refractivity contribution in [3.8, 4) is 0 Å². The maximum Gasteiger partial charge on any atom is 0.270 e. The van der Waals surface area contributed by atoms with E-state index in [9.17, 15) is 9.59 Å². The van der Waals surface area contributed by atoms with E-state index >= 15 is 0 Å². The van der Waals surface area contributed by atoms with Crippen LogP contribution in [0.1, 0.15) is 49.2 Å². The van der Waals surface area contributed by atoms with Crippen LogP contribution in [0.2, 0.25) is 0 Å².